The van der Waals surface area contributed by atoms with Gasteiger partial charge in [-0.1, -0.05) is 6.42 Å². The van der Waals surface area contributed by atoms with Gasteiger partial charge in [0.1, 0.15) is 0 Å². The molecule has 0 aromatic rings. The summed E-state index contributed by atoms with van der Waals surface area (Å²) in [6.07, 6.45) is 5.39. The Bertz CT molecular complexity index is 442. The number of ether oxygens (including phenoxy) is 1. The lowest BCUT2D eigenvalue weighted by Gasteiger charge is -2.45. The van der Waals surface area contributed by atoms with Crippen LogP contribution in [0.4, 0.5) is 0 Å². The van der Waals surface area contributed by atoms with Gasteiger partial charge in [-0.3, -0.25) is 9.59 Å². The molecule has 0 aromatic heterocycles. The van der Waals surface area contributed by atoms with Crippen LogP contribution in [-0.4, -0.2) is 67.6 Å². The molecule has 130 valence electrons. The highest BCUT2D eigenvalue weighted by atomic mass is 16.5. The SMILES string of the molecule is COCCN1CCN(C(=O)C2CC3CCCC(C2)C3N)CC1=O. The number of hydrogen-bond acceptors (Lipinski definition) is 4. The molecule has 2 amide bonds. The normalized spacial score (nSPS) is 34.6. The summed E-state index contributed by atoms with van der Waals surface area (Å²) in [4.78, 5) is 28.6. The van der Waals surface area contributed by atoms with Crippen molar-refractivity contribution in [3.05, 3.63) is 0 Å². The van der Waals surface area contributed by atoms with Gasteiger partial charge in [-0.05, 0) is 37.5 Å². The Morgan fingerprint density at radius 2 is 1.96 bits per heavy atom. The maximum Gasteiger partial charge on any atom is 0.242 e. The highest BCUT2D eigenvalue weighted by molar-refractivity contribution is 5.87. The molecule has 6 nitrogen and oxygen atoms in total. The number of hydrogen-bond donors (Lipinski definition) is 1. The standard InChI is InChI=1S/C17H29N3O3/c1-23-8-7-19-5-6-20(11-15(19)21)17(22)14-9-12-3-2-4-13(10-14)16(12)18/h12-14,16H,2-11,18H2,1H3. The van der Waals surface area contributed by atoms with Crippen LogP contribution in [0.1, 0.15) is 32.1 Å². The minimum atomic E-state index is 0.0364. The largest absolute Gasteiger partial charge is 0.383 e. The van der Waals surface area contributed by atoms with E-state index in [1.807, 2.05) is 0 Å². The maximum atomic E-state index is 12.8. The van der Waals surface area contributed by atoms with Crippen LogP contribution in [0.2, 0.25) is 0 Å². The van der Waals surface area contributed by atoms with Crippen molar-refractivity contribution in [3.8, 4) is 0 Å². The fourth-order valence-corrected chi connectivity index (χ4v) is 4.58. The summed E-state index contributed by atoms with van der Waals surface area (Å²) in [6.45, 7) is 2.64. The smallest absolute Gasteiger partial charge is 0.242 e. The molecule has 3 rings (SSSR count). The van der Waals surface area contributed by atoms with Crippen molar-refractivity contribution in [2.75, 3.05) is 39.9 Å². The summed E-state index contributed by atoms with van der Waals surface area (Å²) in [5, 5.41) is 0. The summed E-state index contributed by atoms with van der Waals surface area (Å²) in [6, 6.07) is 0.278. The molecule has 2 bridgehead atoms. The Kier molecular flexibility index (Phi) is 5.21. The number of rotatable bonds is 4. The van der Waals surface area contributed by atoms with Crippen LogP contribution >= 0.6 is 0 Å². The van der Waals surface area contributed by atoms with E-state index in [2.05, 4.69) is 0 Å². The molecule has 0 spiro atoms. The Hall–Kier alpha value is -1.14. The van der Waals surface area contributed by atoms with E-state index >= 15 is 0 Å². The van der Waals surface area contributed by atoms with Gasteiger partial charge in [0.15, 0.2) is 0 Å². The molecule has 3 aliphatic rings. The molecule has 2 saturated carbocycles. The summed E-state index contributed by atoms with van der Waals surface area (Å²) in [5.41, 5.74) is 6.31. The lowest BCUT2D eigenvalue weighted by Crippen LogP contribution is -2.56. The fourth-order valence-electron chi connectivity index (χ4n) is 4.58. The maximum absolute atomic E-state index is 12.8. The molecule has 2 unspecified atom stereocenters. The van der Waals surface area contributed by atoms with E-state index in [0.29, 0.717) is 38.1 Å². The Morgan fingerprint density at radius 3 is 2.57 bits per heavy atom. The predicted molar refractivity (Wildman–Crippen MR) is 86.6 cm³/mol. The van der Waals surface area contributed by atoms with Crippen LogP contribution < -0.4 is 5.73 Å². The van der Waals surface area contributed by atoms with E-state index in [1.165, 1.54) is 6.42 Å². The molecule has 0 aromatic carbocycles. The first-order valence-electron chi connectivity index (χ1n) is 8.91. The second-order valence-electron chi connectivity index (χ2n) is 7.33. The van der Waals surface area contributed by atoms with E-state index in [-0.39, 0.29) is 30.3 Å². The van der Waals surface area contributed by atoms with Crippen LogP contribution in [0.3, 0.4) is 0 Å². The number of amides is 2. The van der Waals surface area contributed by atoms with E-state index in [0.717, 1.165) is 25.7 Å². The summed E-state index contributed by atoms with van der Waals surface area (Å²) in [7, 11) is 1.63. The second kappa shape index (κ2) is 7.18. The van der Waals surface area contributed by atoms with Crippen molar-refractivity contribution >= 4 is 11.8 Å². The number of carbonyl (C=O) groups excluding carboxylic acids is 2. The molecular weight excluding hydrogens is 294 g/mol. The number of methoxy groups -OCH3 is 1. The fraction of sp³-hybridized carbons (Fsp3) is 0.882. The molecular formula is C17H29N3O3. The molecule has 3 fully saturated rings. The first-order valence-corrected chi connectivity index (χ1v) is 8.91. The van der Waals surface area contributed by atoms with Crippen LogP contribution in [0.5, 0.6) is 0 Å². The van der Waals surface area contributed by atoms with Crippen LogP contribution in [0.15, 0.2) is 0 Å². The van der Waals surface area contributed by atoms with E-state index in [4.69, 9.17) is 10.5 Å². The highest BCUT2D eigenvalue weighted by Crippen LogP contribution is 2.42. The summed E-state index contributed by atoms with van der Waals surface area (Å²) < 4.78 is 5.03. The van der Waals surface area contributed by atoms with Crippen molar-refractivity contribution in [1.82, 2.24) is 9.80 Å². The Balaban J connectivity index is 1.56. The Morgan fingerprint density at radius 1 is 1.26 bits per heavy atom. The molecule has 2 N–H and O–H groups in total. The number of nitrogens with zero attached hydrogens (tertiary/aromatic N) is 2. The highest BCUT2D eigenvalue weighted by Gasteiger charge is 2.42. The molecule has 2 aliphatic carbocycles. The van der Waals surface area contributed by atoms with Gasteiger partial charge in [0.2, 0.25) is 11.8 Å². The zero-order chi connectivity index (χ0) is 16.4. The third-order valence-electron chi connectivity index (χ3n) is 5.96. The molecule has 23 heavy (non-hydrogen) atoms. The molecule has 1 aliphatic heterocycles. The molecule has 0 radical (unpaired) electrons. The average molecular weight is 323 g/mol. The van der Waals surface area contributed by atoms with Gasteiger partial charge in [0.05, 0.1) is 13.2 Å². The van der Waals surface area contributed by atoms with Crippen molar-refractivity contribution in [1.29, 1.82) is 0 Å². The molecule has 1 saturated heterocycles. The first kappa shape index (κ1) is 16.7. The van der Waals surface area contributed by atoms with Crippen molar-refractivity contribution in [2.24, 2.45) is 23.5 Å². The lowest BCUT2D eigenvalue weighted by molar-refractivity contribution is -0.149. The summed E-state index contributed by atoms with van der Waals surface area (Å²) in [5.74, 6) is 1.27. The minimum absolute atomic E-state index is 0.0364. The molecule has 1 heterocycles. The van der Waals surface area contributed by atoms with Gasteiger partial charge >= 0.3 is 0 Å². The van der Waals surface area contributed by atoms with Gasteiger partial charge in [0, 0.05) is 38.7 Å². The number of carbonyl (C=O) groups is 2. The minimum Gasteiger partial charge on any atom is -0.383 e. The van der Waals surface area contributed by atoms with E-state index < -0.39 is 0 Å². The molecule has 6 heteroatoms. The number of nitrogens with two attached hydrogens (primary N) is 1. The van der Waals surface area contributed by atoms with Crippen molar-refractivity contribution < 1.29 is 14.3 Å². The summed E-state index contributed by atoms with van der Waals surface area (Å²) >= 11 is 0. The van der Waals surface area contributed by atoms with Gasteiger partial charge in [-0.15, -0.1) is 0 Å². The van der Waals surface area contributed by atoms with Crippen molar-refractivity contribution in [2.45, 2.75) is 38.1 Å². The van der Waals surface area contributed by atoms with Gasteiger partial charge in [-0.2, -0.15) is 0 Å². The van der Waals surface area contributed by atoms with Gasteiger partial charge in [0.25, 0.3) is 0 Å². The predicted octanol–water partition coefficient (Wildman–Crippen LogP) is 0.457. The van der Waals surface area contributed by atoms with Crippen LogP contribution in [0.25, 0.3) is 0 Å². The number of piperazine rings is 1. The van der Waals surface area contributed by atoms with Crippen LogP contribution in [-0.2, 0) is 14.3 Å². The monoisotopic (exact) mass is 323 g/mol. The zero-order valence-corrected chi connectivity index (χ0v) is 14.1. The topological polar surface area (TPSA) is 75.9 Å². The van der Waals surface area contributed by atoms with Gasteiger partial charge in [-0.25, -0.2) is 0 Å². The Labute approximate surface area is 138 Å². The quantitative estimate of drug-likeness (QED) is 0.815. The first-order chi connectivity index (χ1) is 11.1. The number of fused-ring (bicyclic) bond motifs is 2. The van der Waals surface area contributed by atoms with Crippen LogP contribution in [0, 0.1) is 17.8 Å². The third-order valence-corrected chi connectivity index (χ3v) is 5.96. The lowest BCUT2D eigenvalue weighted by atomic mass is 9.65. The average Bonchev–Trinajstić information content (AvgIpc) is 2.53. The second-order valence-corrected chi connectivity index (χ2v) is 7.33. The zero-order valence-electron chi connectivity index (χ0n) is 14.1. The third kappa shape index (κ3) is 3.53. The molecule has 2 atom stereocenters. The van der Waals surface area contributed by atoms with E-state index in [9.17, 15) is 9.59 Å². The van der Waals surface area contributed by atoms with Gasteiger partial charge < -0.3 is 20.3 Å². The van der Waals surface area contributed by atoms with E-state index in [1.54, 1.807) is 16.9 Å². The van der Waals surface area contributed by atoms with Crippen molar-refractivity contribution in [3.63, 3.8) is 0 Å².